The zero-order chi connectivity index (χ0) is 21.3. The van der Waals surface area contributed by atoms with Gasteiger partial charge >= 0.3 is 0 Å². The predicted octanol–water partition coefficient (Wildman–Crippen LogP) is 3.00. The van der Waals surface area contributed by atoms with Crippen LogP contribution in [-0.4, -0.2) is 41.8 Å². The summed E-state index contributed by atoms with van der Waals surface area (Å²) < 4.78 is 15.9. The highest BCUT2D eigenvalue weighted by atomic mass is 19.1. The number of halogens is 1. The van der Waals surface area contributed by atoms with Gasteiger partial charge in [0, 0.05) is 44.6 Å². The van der Waals surface area contributed by atoms with Gasteiger partial charge in [0.05, 0.1) is 6.54 Å². The molecule has 0 aliphatic rings. The quantitative estimate of drug-likeness (QED) is 0.444. The van der Waals surface area contributed by atoms with Crippen LogP contribution >= 0.6 is 0 Å². The van der Waals surface area contributed by atoms with Gasteiger partial charge in [0.2, 0.25) is 0 Å². The minimum absolute atomic E-state index is 0.177. The summed E-state index contributed by atoms with van der Waals surface area (Å²) in [6, 6.07) is 15.4. The van der Waals surface area contributed by atoms with Crippen LogP contribution in [-0.2, 0) is 26.2 Å². The van der Waals surface area contributed by atoms with E-state index >= 15 is 0 Å². The molecule has 0 spiro atoms. The maximum Gasteiger partial charge on any atom is 0.191 e. The Hall–Kier alpha value is -3.19. The van der Waals surface area contributed by atoms with Crippen molar-refractivity contribution in [3.8, 4) is 0 Å². The Morgan fingerprint density at radius 1 is 1.03 bits per heavy atom. The molecule has 158 valence electrons. The maximum atomic E-state index is 14.0. The van der Waals surface area contributed by atoms with E-state index in [2.05, 4.69) is 32.9 Å². The van der Waals surface area contributed by atoms with Gasteiger partial charge in [0.15, 0.2) is 5.96 Å². The Kier molecular flexibility index (Phi) is 7.57. The number of rotatable bonds is 8. The van der Waals surface area contributed by atoms with Crippen LogP contribution in [0.2, 0.25) is 0 Å². The zero-order valence-corrected chi connectivity index (χ0v) is 17.8. The van der Waals surface area contributed by atoms with Gasteiger partial charge in [-0.1, -0.05) is 30.3 Å². The first-order chi connectivity index (χ1) is 14.5. The summed E-state index contributed by atoms with van der Waals surface area (Å²) in [5, 5.41) is 11.0. The molecule has 7 heteroatoms. The Morgan fingerprint density at radius 2 is 1.80 bits per heavy atom. The average molecular weight is 409 g/mol. The van der Waals surface area contributed by atoms with Crippen LogP contribution in [0.15, 0.2) is 65.9 Å². The largest absolute Gasteiger partial charge is 0.352 e. The molecule has 0 saturated heterocycles. The molecular formula is C23H29FN6. The second-order valence-electron chi connectivity index (χ2n) is 7.42. The smallest absolute Gasteiger partial charge is 0.191 e. The van der Waals surface area contributed by atoms with E-state index in [9.17, 15) is 4.39 Å². The Balaban J connectivity index is 1.58. The number of nitrogens with zero attached hydrogens (tertiary/aromatic N) is 4. The van der Waals surface area contributed by atoms with Crippen molar-refractivity contribution < 1.29 is 4.39 Å². The number of guanidine groups is 1. The van der Waals surface area contributed by atoms with Crippen molar-refractivity contribution >= 4 is 5.96 Å². The topological polar surface area (TPSA) is 57.5 Å². The summed E-state index contributed by atoms with van der Waals surface area (Å²) in [4.78, 5) is 6.26. The molecule has 0 fully saturated rings. The van der Waals surface area contributed by atoms with Crippen molar-refractivity contribution in [1.82, 2.24) is 25.3 Å². The molecule has 6 nitrogen and oxygen atoms in total. The van der Waals surface area contributed by atoms with Crippen molar-refractivity contribution in [3.05, 3.63) is 89.0 Å². The fourth-order valence-electron chi connectivity index (χ4n) is 3.24. The SMILES string of the molecule is CN=C(NCc1ccc(F)c(CN(C)C)c1)NCc1ccccc1Cn1cccn1. The Bertz CT molecular complexity index is 966. The summed E-state index contributed by atoms with van der Waals surface area (Å²) in [6.07, 6.45) is 3.74. The van der Waals surface area contributed by atoms with Gasteiger partial charge in [0.25, 0.3) is 0 Å². The third-order valence-corrected chi connectivity index (χ3v) is 4.74. The van der Waals surface area contributed by atoms with Crippen molar-refractivity contribution in [2.75, 3.05) is 21.1 Å². The molecule has 0 aliphatic carbocycles. The highest BCUT2D eigenvalue weighted by Crippen LogP contribution is 2.13. The van der Waals surface area contributed by atoms with E-state index in [1.54, 1.807) is 19.3 Å². The molecule has 0 atom stereocenters. The predicted molar refractivity (Wildman–Crippen MR) is 119 cm³/mol. The first-order valence-corrected chi connectivity index (χ1v) is 9.96. The molecule has 0 bridgehead atoms. The number of nitrogens with one attached hydrogen (secondary N) is 2. The van der Waals surface area contributed by atoms with Crippen LogP contribution in [0.1, 0.15) is 22.3 Å². The lowest BCUT2D eigenvalue weighted by Crippen LogP contribution is -2.36. The minimum Gasteiger partial charge on any atom is -0.352 e. The van der Waals surface area contributed by atoms with Crippen molar-refractivity contribution in [2.24, 2.45) is 4.99 Å². The summed E-state index contributed by atoms with van der Waals surface area (Å²) >= 11 is 0. The van der Waals surface area contributed by atoms with Crippen LogP contribution in [0.4, 0.5) is 4.39 Å². The molecular weight excluding hydrogens is 379 g/mol. The Morgan fingerprint density at radius 3 is 2.50 bits per heavy atom. The first kappa shape index (κ1) is 21.5. The van der Waals surface area contributed by atoms with Crippen LogP contribution in [0.25, 0.3) is 0 Å². The van der Waals surface area contributed by atoms with E-state index < -0.39 is 0 Å². The van der Waals surface area contributed by atoms with E-state index in [1.807, 2.05) is 54.1 Å². The standard InChI is InChI=1S/C23H29FN6/c1-25-23(26-14-18-9-10-22(24)21(13-18)16-29(2)3)27-15-19-7-4-5-8-20(19)17-30-12-6-11-28-30/h4-13H,14-17H2,1-3H3,(H2,25,26,27). The number of hydrogen-bond acceptors (Lipinski definition) is 3. The fraction of sp³-hybridized carbons (Fsp3) is 0.304. The van der Waals surface area contributed by atoms with E-state index in [0.29, 0.717) is 31.2 Å². The number of aliphatic imine (C=N–C) groups is 1. The molecule has 3 rings (SSSR count). The van der Waals surface area contributed by atoms with Crippen LogP contribution < -0.4 is 10.6 Å². The number of hydrogen-bond donors (Lipinski definition) is 2. The van der Waals surface area contributed by atoms with Gasteiger partial charge < -0.3 is 15.5 Å². The van der Waals surface area contributed by atoms with E-state index in [1.165, 1.54) is 17.2 Å². The molecule has 0 unspecified atom stereocenters. The molecule has 3 aromatic rings. The van der Waals surface area contributed by atoms with Crippen molar-refractivity contribution in [2.45, 2.75) is 26.2 Å². The van der Waals surface area contributed by atoms with E-state index in [-0.39, 0.29) is 5.82 Å². The summed E-state index contributed by atoms with van der Waals surface area (Å²) in [5.74, 6) is 0.520. The van der Waals surface area contributed by atoms with Gasteiger partial charge in [-0.15, -0.1) is 0 Å². The number of aromatic nitrogens is 2. The molecule has 1 heterocycles. The lowest BCUT2D eigenvalue weighted by Gasteiger charge is -2.15. The molecule has 0 saturated carbocycles. The Labute approximate surface area is 177 Å². The van der Waals surface area contributed by atoms with Crippen LogP contribution in [0.3, 0.4) is 0 Å². The van der Waals surface area contributed by atoms with Gasteiger partial charge in [-0.2, -0.15) is 5.10 Å². The third kappa shape index (κ3) is 6.15. The van der Waals surface area contributed by atoms with Crippen LogP contribution in [0.5, 0.6) is 0 Å². The highest BCUT2D eigenvalue weighted by Gasteiger charge is 2.07. The van der Waals surface area contributed by atoms with Crippen molar-refractivity contribution in [1.29, 1.82) is 0 Å². The molecule has 0 radical (unpaired) electrons. The normalized spacial score (nSPS) is 11.7. The molecule has 2 N–H and O–H groups in total. The molecule has 1 aromatic heterocycles. The molecule has 30 heavy (non-hydrogen) atoms. The summed E-state index contributed by atoms with van der Waals surface area (Å²) in [7, 11) is 5.60. The second-order valence-corrected chi connectivity index (χ2v) is 7.42. The minimum atomic E-state index is -0.177. The maximum absolute atomic E-state index is 14.0. The van der Waals surface area contributed by atoms with E-state index in [0.717, 1.165) is 12.1 Å². The van der Waals surface area contributed by atoms with Gasteiger partial charge in [-0.25, -0.2) is 4.39 Å². The van der Waals surface area contributed by atoms with E-state index in [4.69, 9.17) is 0 Å². The van der Waals surface area contributed by atoms with Crippen LogP contribution in [0, 0.1) is 5.82 Å². The summed E-state index contributed by atoms with van der Waals surface area (Å²) in [6.45, 7) is 2.50. The molecule has 0 aliphatic heterocycles. The summed E-state index contributed by atoms with van der Waals surface area (Å²) in [5.41, 5.74) is 4.09. The van der Waals surface area contributed by atoms with Gasteiger partial charge in [-0.3, -0.25) is 9.67 Å². The lowest BCUT2D eigenvalue weighted by atomic mass is 10.1. The second kappa shape index (κ2) is 10.5. The lowest BCUT2D eigenvalue weighted by molar-refractivity contribution is 0.392. The molecule has 0 amide bonds. The van der Waals surface area contributed by atoms with Crippen molar-refractivity contribution in [3.63, 3.8) is 0 Å². The monoisotopic (exact) mass is 408 g/mol. The molecule has 2 aromatic carbocycles. The third-order valence-electron chi connectivity index (χ3n) is 4.74. The highest BCUT2D eigenvalue weighted by molar-refractivity contribution is 5.79. The van der Waals surface area contributed by atoms with Gasteiger partial charge in [-0.05, 0) is 49.0 Å². The zero-order valence-electron chi connectivity index (χ0n) is 17.8. The number of benzene rings is 2. The first-order valence-electron chi connectivity index (χ1n) is 9.96. The van der Waals surface area contributed by atoms with Gasteiger partial charge in [0.1, 0.15) is 5.82 Å². The fourth-order valence-corrected chi connectivity index (χ4v) is 3.24. The average Bonchev–Trinajstić information content (AvgIpc) is 3.24.